The molecule has 3 fully saturated rings. The summed E-state index contributed by atoms with van der Waals surface area (Å²) in [5.74, 6) is -0.792. The van der Waals surface area contributed by atoms with E-state index in [0.29, 0.717) is 18.9 Å². The van der Waals surface area contributed by atoms with Gasteiger partial charge in [0, 0.05) is 65.3 Å². The van der Waals surface area contributed by atoms with Crippen LogP contribution in [0.25, 0.3) is 0 Å². The van der Waals surface area contributed by atoms with Gasteiger partial charge < -0.3 is 24.5 Å². The lowest BCUT2D eigenvalue weighted by Crippen LogP contribution is -2.53. The lowest BCUT2D eigenvalue weighted by Gasteiger charge is -2.38. The number of aromatic amines is 1. The van der Waals surface area contributed by atoms with Crippen LogP contribution in [0.3, 0.4) is 0 Å². The first-order chi connectivity index (χ1) is 16.9. The fourth-order valence-electron chi connectivity index (χ4n) is 5.12. The van der Waals surface area contributed by atoms with E-state index in [1.807, 2.05) is 9.80 Å². The number of hydrogen-bond donors (Lipinski definition) is 2. The molecule has 196 valence electrons. The fourth-order valence-corrected chi connectivity index (χ4v) is 5.12. The average molecular weight is 496 g/mol. The minimum atomic E-state index is -0.750. The van der Waals surface area contributed by atoms with Crippen LogP contribution in [-0.2, 0) is 9.53 Å². The standard InChI is InChI=1S/C22H37N7O6/c1-17-19(27-13-9-26(10-14-27)7-4-5-18(30)31)34-22(33)29(17)8-3-2-6-25-11-15-28(16-12-25)20-23-21(32)35-24-20/h17,19H,2-16H2,1H3,(H,30,31)(H,23,24,32). The molecule has 0 radical (unpaired) electrons. The number of hydrogen-bond acceptors (Lipinski definition) is 10. The zero-order chi connectivity index (χ0) is 24.8. The number of nitrogens with zero attached hydrogens (tertiary/aromatic N) is 6. The van der Waals surface area contributed by atoms with Crippen LogP contribution in [0.1, 0.15) is 32.6 Å². The summed E-state index contributed by atoms with van der Waals surface area (Å²) < 4.78 is 10.3. The van der Waals surface area contributed by atoms with Gasteiger partial charge in [-0.25, -0.2) is 9.59 Å². The molecule has 2 atom stereocenters. The van der Waals surface area contributed by atoms with Gasteiger partial charge in [-0.15, -0.1) is 0 Å². The van der Waals surface area contributed by atoms with Gasteiger partial charge in [0.25, 0.3) is 0 Å². The molecule has 2 unspecified atom stereocenters. The molecule has 0 aliphatic carbocycles. The Kier molecular flexibility index (Phi) is 8.63. The van der Waals surface area contributed by atoms with Crippen molar-refractivity contribution in [2.24, 2.45) is 0 Å². The lowest BCUT2D eigenvalue weighted by atomic mass is 10.2. The van der Waals surface area contributed by atoms with Gasteiger partial charge in [-0.1, -0.05) is 0 Å². The molecule has 1 aromatic heterocycles. The van der Waals surface area contributed by atoms with Crippen molar-refractivity contribution in [2.45, 2.75) is 44.9 Å². The molecule has 4 rings (SSSR count). The summed E-state index contributed by atoms with van der Waals surface area (Å²) in [6.45, 7) is 11.2. The third-order valence-electron chi connectivity index (χ3n) is 7.22. The molecule has 2 N–H and O–H groups in total. The van der Waals surface area contributed by atoms with Crippen molar-refractivity contribution in [3.63, 3.8) is 0 Å². The SMILES string of the molecule is CC1C(N2CCN(CCCC(=O)O)CC2)OC(=O)N1CCCCN1CCN(c2noc(=O)[nH]2)CC1. The van der Waals surface area contributed by atoms with E-state index in [2.05, 4.69) is 36.3 Å². The summed E-state index contributed by atoms with van der Waals surface area (Å²) >= 11 is 0. The Balaban J connectivity index is 1.12. The molecular formula is C22H37N7O6. The number of nitrogens with one attached hydrogen (secondary N) is 1. The highest BCUT2D eigenvalue weighted by atomic mass is 16.6. The Morgan fingerprint density at radius 3 is 2.23 bits per heavy atom. The number of carbonyl (C=O) groups excluding carboxylic acids is 1. The largest absolute Gasteiger partial charge is 0.481 e. The van der Waals surface area contributed by atoms with E-state index < -0.39 is 11.7 Å². The number of piperazine rings is 2. The van der Waals surface area contributed by atoms with Crippen molar-refractivity contribution in [1.29, 1.82) is 0 Å². The summed E-state index contributed by atoms with van der Waals surface area (Å²) in [5.41, 5.74) is 0. The van der Waals surface area contributed by atoms with Gasteiger partial charge in [-0.2, -0.15) is 0 Å². The third-order valence-corrected chi connectivity index (χ3v) is 7.22. The summed E-state index contributed by atoms with van der Waals surface area (Å²) in [6, 6.07) is 0.00854. The molecule has 13 nitrogen and oxygen atoms in total. The van der Waals surface area contributed by atoms with Gasteiger partial charge in [-0.3, -0.25) is 24.1 Å². The molecule has 0 aromatic carbocycles. The Bertz CT molecular complexity index is 891. The number of rotatable bonds is 11. The minimum absolute atomic E-state index is 0.00854. The van der Waals surface area contributed by atoms with Crippen LogP contribution in [0.2, 0.25) is 0 Å². The van der Waals surface area contributed by atoms with Crippen LogP contribution in [-0.4, -0.2) is 131 Å². The minimum Gasteiger partial charge on any atom is -0.481 e. The number of ether oxygens (including phenoxy) is 1. The number of aromatic nitrogens is 2. The summed E-state index contributed by atoms with van der Waals surface area (Å²) in [4.78, 5) is 47.7. The highest BCUT2D eigenvalue weighted by molar-refractivity contribution is 5.70. The second kappa shape index (κ2) is 11.9. The summed E-state index contributed by atoms with van der Waals surface area (Å²) in [5, 5.41) is 12.6. The fraction of sp³-hybridized carbons (Fsp3) is 0.818. The van der Waals surface area contributed by atoms with Crippen molar-refractivity contribution in [3.05, 3.63) is 10.6 Å². The van der Waals surface area contributed by atoms with Crippen molar-refractivity contribution >= 4 is 18.0 Å². The van der Waals surface area contributed by atoms with Gasteiger partial charge in [0.05, 0.1) is 6.04 Å². The van der Waals surface area contributed by atoms with Crippen LogP contribution in [0.4, 0.5) is 10.7 Å². The van der Waals surface area contributed by atoms with Gasteiger partial charge >= 0.3 is 17.8 Å². The molecule has 4 heterocycles. The zero-order valence-corrected chi connectivity index (χ0v) is 20.4. The smallest absolute Gasteiger partial charge is 0.440 e. The predicted octanol–water partition coefficient (Wildman–Crippen LogP) is -0.0857. The van der Waals surface area contributed by atoms with E-state index in [-0.39, 0.29) is 24.8 Å². The van der Waals surface area contributed by atoms with Gasteiger partial charge in [0.1, 0.15) is 0 Å². The topological polar surface area (TPSA) is 139 Å². The number of carboxylic acids is 1. The normalized spacial score (nSPS) is 24.8. The molecule has 1 amide bonds. The highest BCUT2D eigenvalue weighted by Gasteiger charge is 2.42. The average Bonchev–Trinajstić information content (AvgIpc) is 3.40. The first kappa shape index (κ1) is 25.5. The van der Waals surface area contributed by atoms with E-state index in [0.717, 1.165) is 78.3 Å². The number of anilines is 1. The van der Waals surface area contributed by atoms with Gasteiger partial charge in [0.2, 0.25) is 5.95 Å². The molecule has 0 spiro atoms. The molecule has 3 aliphatic heterocycles. The zero-order valence-electron chi connectivity index (χ0n) is 20.4. The maximum Gasteiger partial charge on any atom is 0.440 e. The molecule has 0 bridgehead atoms. The van der Waals surface area contributed by atoms with E-state index in [4.69, 9.17) is 9.84 Å². The van der Waals surface area contributed by atoms with Crippen molar-refractivity contribution in [2.75, 3.05) is 76.9 Å². The number of amides is 1. The first-order valence-electron chi connectivity index (χ1n) is 12.6. The third kappa shape index (κ3) is 6.73. The molecule has 35 heavy (non-hydrogen) atoms. The summed E-state index contributed by atoms with van der Waals surface area (Å²) in [7, 11) is 0. The second-order valence-electron chi connectivity index (χ2n) is 9.54. The monoisotopic (exact) mass is 495 g/mol. The van der Waals surface area contributed by atoms with E-state index in [1.165, 1.54) is 0 Å². The van der Waals surface area contributed by atoms with Crippen LogP contribution < -0.4 is 10.7 Å². The first-order valence-corrected chi connectivity index (χ1v) is 12.6. The van der Waals surface area contributed by atoms with Crippen LogP contribution >= 0.6 is 0 Å². The molecule has 0 saturated carbocycles. The number of H-pyrrole nitrogens is 1. The molecule has 3 aliphatic rings. The van der Waals surface area contributed by atoms with Crippen LogP contribution in [0.5, 0.6) is 0 Å². The Morgan fingerprint density at radius 2 is 1.60 bits per heavy atom. The predicted molar refractivity (Wildman–Crippen MR) is 126 cm³/mol. The van der Waals surface area contributed by atoms with Gasteiger partial charge in [0.15, 0.2) is 6.23 Å². The number of aliphatic carboxylic acids is 1. The van der Waals surface area contributed by atoms with E-state index in [1.54, 1.807) is 0 Å². The Hall–Kier alpha value is -2.64. The van der Waals surface area contributed by atoms with Crippen LogP contribution in [0.15, 0.2) is 9.32 Å². The molecule has 1 aromatic rings. The van der Waals surface area contributed by atoms with Crippen molar-refractivity contribution in [3.8, 4) is 0 Å². The quantitative estimate of drug-likeness (QED) is 0.398. The van der Waals surface area contributed by atoms with Crippen molar-refractivity contribution < 1.29 is 24.0 Å². The van der Waals surface area contributed by atoms with Crippen LogP contribution in [0, 0.1) is 0 Å². The highest BCUT2D eigenvalue weighted by Crippen LogP contribution is 2.24. The molecule has 3 saturated heterocycles. The van der Waals surface area contributed by atoms with Crippen molar-refractivity contribution in [1.82, 2.24) is 29.7 Å². The number of cyclic esters (lactones) is 1. The number of carboxylic acid groups (broad SMARTS) is 1. The summed E-state index contributed by atoms with van der Waals surface area (Å²) in [6.07, 6.45) is 2.32. The van der Waals surface area contributed by atoms with E-state index in [9.17, 15) is 14.4 Å². The molecular weight excluding hydrogens is 458 g/mol. The lowest BCUT2D eigenvalue weighted by molar-refractivity contribution is -0.137. The maximum absolute atomic E-state index is 12.5. The maximum atomic E-state index is 12.5. The second-order valence-corrected chi connectivity index (χ2v) is 9.54. The molecule has 13 heteroatoms. The van der Waals surface area contributed by atoms with E-state index >= 15 is 0 Å². The number of carbonyl (C=O) groups is 2. The van der Waals surface area contributed by atoms with Gasteiger partial charge in [-0.05, 0) is 44.4 Å². The number of unbranched alkanes of at least 4 members (excludes halogenated alkanes) is 1. The Morgan fingerprint density at radius 1 is 0.971 bits per heavy atom. The Labute approximate surface area is 204 Å².